The zero-order valence-corrected chi connectivity index (χ0v) is 12.0. The highest BCUT2D eigenvalue weighted by atomic mass is 16.2. The summed E-state index contributed by atoms with van der Waals surface area (Å²) >= 11 is 0. The summed E-state index contributed by atoms with van der Waals surface area (Å²) in [5.41, 5.74) is 10.3. The lowest BCUT2D eigenvalue weighted by atomic mass is 9.76. The minimum absolute atomic E-state index is 0.0775. The molecule has 0 radical (unpaired) electrons. The van der Waals surface area contributed by atoms with Crippen molar-refractivity contribution in [1.82, 2.24) is 10.4 Å². The third-order valence-corrected chi connectivity index (χ3v) is 4.46. The van der Waals surface area contributed by atoms with Gasteiger partial charge in [0.25, 0.3) is 0 Å². The molecule has 108 valence electrons. The van der Waals surface area contributed by atoms with Crippen LogP contribution in [-0.4, -0.2) is 17.5 Å². The van der Waals surface area contributed by atoms with E-state index in [1.165, 1.54) is 11.1 Å². The van der Waals surface area contributed by atoms with Crippen molar-refractivity contribution in [3.8, 4) is 0 Å². The molecule has 3 N–H and O–H groups in total. The van der Waals surface area contributed by atoms with Crippen LogP contribution in [0.5, 0.6) is 0 Å². The number of nitrogen functional groups attached to an aromatic ring is 1. The molecule has 1 amide bonds. The van der Waals surface area contributed by atoms with Crippen LogP contribution in [0.1, 0.15) is 49.8 Å². The molecule has 1 fully saturated rings. The second-order valence-electron chi connectivity index (χ2n) is 5.92. The minimum atomic E-state index is -0.0775. The fourth-order valence-corrected chi connectivity index (χ4v) is 3.48. The van der Waals surface area contributed by atoms with E-state index in [-0.39, 0.29) is 11.9 Å². The van der Waals surface area contributed by atoms with Gasteiger partial charge in [0, 0.05) is 18.7 Å². The molecule has 4 nitrogen and oxygen atoms in total. The summed E-state index contributed by atoms with van der Waals surface area (Å²) in [5, 5.41) is 1.95. The first-order chi connectivity index (χ1) is 10.1. The summed E-state index contributed by atoms with van der Waals surface area (Å²) in [7, 11) is 0. The molecule has 1 aliphatic heterocycles. The van der Waals surface area contributed by atoms with E-state index < -0.39 is 0 Å². The van der Waals surface area contributed by atoms with Crippen molar-refractivity contribution in [2.75, 3.05) is 12.3 Å². The molecule has 2 aliphatic rings. The Morgan fingerprint density at radius 3 is 3.20 bits per heavy atom. The van der Waals surface area contributed by atoms with Crippen molar-refractivity contribution in [1.29, 1.82) is 0 Å². The number of nitrogens with zero attached hydrogens (tertiary/aromatic N) is 1. The van der Waals surface area contributed by atoms with Crippen molar-refractivity contribution < 1.29 is 6.21 Å². The summed E-state index contributed by atoms with van der Waals surface area (Å²) in [4.78, 5) is 12.1. The Bertz CT molecular complexity index is 548. The number of carbonyl (C=O) groups excluding carboxylic acids is 1. The number of aryl methyl sites for hydroxylation is 1. The van der Waals surface area contributed by atoms with Gasteiger partial charge < -0.3 is 5.73 Å². The molecule has 1 saturated heterocycles. The predicted molar refractivity (Wildman–Crippen MR) is 79.8 cm³/mol. The van der Waals surface area contributed by atoms with Crippen LogP contribution in [-0.2, 0) is 11.2 Å². The highest BCUT2D eigenvalue weighted by Crippen LogP contribution is 2.42. The summed E-state index contributed by atoms with van der Waals surface area (Å²) in [6.45, 7) is 2.89. The minimum Gasteiger partial charge on any atom is -0.399 e. The van der Waals surface area contributed by atoms with Crippen molar-refractivity contribution >= 4 is 11.6 Å². The maximum atomic E-state index is 12.1. The average molecular weight is 274 g/mol. The Balaban J connectivity index is 1.97. The molecule has 1 aromatic carbocycles. The molecule has 20 heavy (non-hydrogen) atoms. The lowest BCUT2D eigenvalue weighted by Gasteiger charge is -2.44. The third kappa shape index (κ3) is 2.40. The lowest BCUT2D eigenvalue weighted by molar-refractivity contribution is -0.135. The van der Waals surface area contributed by atoms with E-state index in [0.717, 1.165) is 43.3 Å². The maximum Gasteiger partial charge on any atom is 0.234 e. The molecule has 1 heterocycles. The summed E-state index contributed by atoms with van der Waals surface area (Å²) in [6, 6.07) is 6.22. The number of carbonyl (C=O) groups is 1. The monoisotopic (exact) mass is 274 g/mol. The fourth-order valence-electron chi connectivity index (χ4n) is 3.48. The van der Waals surface area contributed by atoms with Crippen molar-refractivity contribution in [3.05, 3.63) is 29.3 Å². The maximum absolute atomic E-state index is 12.1. The number of benzene rings is 1. The highest BCUT2D eigenvalue weighted by Gasteiger charge is 2.39. The standard InChI is InChI=1S/C16H23N3O/c1-2-3-8-19-16-12(10-15(20)18-19)5-4-11-9-13(17)6-7-14(11)16/h6-7,9,12,16H,2-5,8,10,17H2,1H3,(H,18,20)/i/hD. The van der Waals surface area contributed by atoms with E-state index in [0.29, 0.717) is 12.3 Å². The number of hydrogen-bond acceptors (Lipinski definition) is 3. The molecule has 0 bridgehead atoms. The Morgan fingerprint density at radius 1 is 1.55 bits per heavy atom. The van der Waals surface area contributed by atoms with Crippen LogP contribution < -0.4 is 11.2 Å². The highest BCUT2D eigenvalue weighted by molar-refractivity contribution is 5.76. The van der Waals surface area contributed by atoms with E-state index in [4.69, 9.17) is 7.15 Å². The second-order valence-corrected chi connectivity index (χ2v) is 5.92. The quantitative estimate of drug-likeness (QED) is 0.832. The van der Waals surface area contributed by atoms with E-state index in [1.54, 1.807) is 0 Å². The molecule has 0 aromatic heterocycles. The molecule has 1 aliphatic carbocycles. The first-order valence-corrected chi connectivity index (χ1v) is 7.58. The number of nitrogens with one attached hydrogen (secondary N) is 1. The largest absolute Gasteiger partial charge is 0.399 e. The Hall–Kier alpha value is -1.55. The zero-order valence-electron chi connectivity index (χ0n) is 13.0. The SMILES string of the molecule is [2H]N1C(=O)CC2CCc3cc(N)ccc3C2N1CCCC. The van der Waals surface area contributed by atoms with Crippen LogP contribution in [0.15, 0.2) is 18.2 Å². The molecule has 0 spiro atoms. The van der Waals surface area contributed by atoms with Gasteiger partial charge in [0.15, 0.2) is 1.41 Å². The molecule has 4 heteroatoms. The van der Waals surface area contributed by atoms with Crippen LogP contribution in [0.4, 0.5) is 5.69 Å². The van der Waals surface area contributed by atoms with Gasteiger partial charge in [0.05, 0.1) is 6.04 Å². The molecular formula is C16H23N3O. The number of fused-ring (bicyclic) bond motifs is 3. The summed E-state index contributed by atoms with van der Waals surface area (Å²) in [6.07, 6.45) is 4.53. The van der Waals surface area contributed by atoms with Gasteiger partial charge in [0.1, 0.15) is 0 Å². The van der Waals surface area contributed by atoms with Gasteiger partial charge in [0.2, 0.25) is 5.91 Å². The Kier molecular flexibility index (Phi) is 3.32. The number of anilines is 1. The molecule has 0 saturated carbocycles. The summed E-state index contributed by atoms with van der Waals surface area (Å²) in [5.74, 6) is 0.248. The van der Waals surface area contributed by atoms with Gasteiger partial charge in [-0.05, 0) is 48.4 Å². The number of nitrogens with two attached hydrogens (primary N) is 1. The van der Waals surface area contributed by atoms with Crippen molar-refractivity contribution in [2.45, 2.75) is 45.1 Å². The third-order valence-electron chi connectivity index (χ3n) is 4.46. The molecule has 1 aromatic rings. The van der Waals surface area contributed by atoms with Crippen molar-refractivity contribution in [3.63, 3.8) is 0 Å². The number of amides is 1. The average Bonchev–Trinajstić information content (AvgIpc) is 2.47. The lowest BCUT2D eigenvalue weighted by Crippen LogP contribution is -2.53. The van der Waals surface area contributed by atoms with Crippen LogP contribution in [0.2, 0.25) is 1.41 Å². The Morgan fingerprint density at radius 2 is 2.40 bits per heavy atom. The van der Waals surface area contributed by atoms with Gasteiger partial charge in [-0.3, -0.25) is 10.2 Å². The number of unbranched alkanes of at least 4 members (excludes halogenated alkanes) is 1. The van der Waals surface area contributed by atoms with E-state index in [2.05, 4.69) is 13.0 Å². The topological polar surface area (TPSA) is 58.4 Å². The second kappa shape index (κ2) is 5.44. The van der Waals surface area contributed by atoms with Crippen LogP contribution in [0.3, 0.4) is 0 Å². The van der Waals surface area contributed by atoms with Crippen LogP contribution in [0.25, 0.3) is 0 Å². The van der Waals surface area contributed by atoms with Gasteiger partial charge in [-0.2, -0.15) is 0 Å². The Labute approximate surface area is 121 Å². The van der Waals surface area contributed by atoms with Crippen LogP contribution >= 0.6 is 0 Å². The van der Waals surface area contributed by atoms with Gasteiger partial charge in [-0.15, -0.1) is 0 Å². The fraction of sp³-hybridized carbons (Fsp3) is 0.562. The normalized spacial score (nSPS) is 26.9. The number of rotatable bonds is 3. The molecule has 3 rings (SSSR count). The van der Waals surface area contributed by atoms with Crippen molar-refractivity contribution in [2.24, 2.45) is 5.92 Å². The van der Waals surface area contributed by atoms with Crippen LogP contribution in [0, 0.1) is 5.92 Å². The first kappa shape index (κ1) is 12.2. The predicted octanol–water partition coefficient (Wildman–Crippen LogP) is 2.41. The smallest absolute Gasteiger partial charge is 0.234 e. The van der Waals surface area contributed by atoms with Gasteiger partial charge >= 0.3 is 0 Å². The molecule has 2 unspecified atom stereocenters. The van der Waals surface area contributed by atoms with E-state index in [9.17, 15) is 4.79 Å². The van der Waals surface area contributed by atoms with E-state index in [1.807, 2.05) is 17.1 Å². The van der Waals surface area contributed by atoms with Gasteiger partial charge in [-0.25, -0.2) is 5.01 Å². The molecular weight excluding hydrogens is 250 g/mol. The number of hydrazine groups is 1. The molecule has 2 atom stereocenters. The first-order valence-electron chi connectivity index (χ1n) is 8.03. The number of hydrogen-bond donors (Lipinski definition) is 2. The zero-order chi connectivity index (χ0) is 15.0. The summed E-state index contributed by atoms with van der Waals surface area (Å²) < 4.78 is 8.11. The van der Waals surface area contributed by atoms with E-state index >= 15 is 0 Å². The van der Waals surface area contributed by atoms with Gasteiger partial charge in [-0.1, -0.05) is 19.4 Å².